The van der Waals surface area contributed by atoms with E-state index in [1.54, 1.807) is 19.2 Å². The van der Waals surface area contributed by atoms with Crippen molar-refractivity contribution in [1.29, 1.82) is 0 Å². The van der Waals surface area contributed by atoms with E-state index in [0.29, 0.717) is 17.9 Å². The van der Waals surface area contributed by atoms with Crippen LogP contribution in [-0.2, 0) is 19.7 Å². The SMILES string of the molecule is COc1ccccc1C(=O)NCC1(c2ccccc2)CCC(OCC(=O)OC(C)(C)C)CC1. The molecule has 2 aromatic carbocycles. The normalized spacial score (nSPS) is 20.7. The third kappa shape index (κ3) is 6.81. The predicted molar refractivity (Wildman–Crippen MR) is 128 cm³/mol. The van der Waals surface area contributed by atoms with Crippen molar-refractivity contribution >= 4 is 11.9 Å². The van der Waals surface area contributed by atoms with Gasteiger partial charge in [-0.3, -0.25) is 4.79 Å². The van der Waals surface area contributed by atoms with Gasteiger partial charge in [0.15, 0.2) is 0 Å². The Morgan fingerprint density at radius 3 is 2.27 bits per heavy atom. The molecule has 0 heterocycles. The van der Waals surface area contributed by atoms with Crippen molar-refractivity contribution in [3.63, 3.8) is 0 Å². The number of carbonyl (C=O) groups excluding carboxylic acids is 2. The van der Waals surface area contributed by atoms with Crippen LogP contribution in [0.5, 0.6) is 5.75 Å². The van der Waals surface area contributed by atoms with E-state index in [1.807, 2.05) is 51.1 Å². The number of ether oxygens (including phenoxy) is 3. The maximum absolute atomic E-state index is 12.9. The fourth-order valence-electron chi connectivity index (χ4n) is 4.40. The van der Waals surface area contributed by atoms with Gasteiger partial charge < -0.3 is 19.5 Å². The van der Waals surface area contributed by atoms with Crippen molar-refractivity contribution in [2.75, 3.05) is 20.3 Å². The highest BCUT2D eigenvalue weighted by Gasteiger charge is 2.38. The molecule has 0 aliphatic heterocycles. The maximum Gasteiger partial charge on any atom is 0.332 e. The number of benzene rings is 2. The van der Waals surface area contributed by atoms with Gasteiger partial charge in [-0.2, -0.15) is 0 Å². The summed E-state index contributed by atoms with van der Waals surface area (Å²) in [4.78, 5) is 24.9. The minimum atomic E-state index is -0.519. The highest BCUT2D eigenvalue weighted by Crippen LogP contribution is 2.40. The van der Waals surface area contributed by atoms with Gasteiger partial charge in [-0.05, 0) is 64.2 Å². The zero-order chi connectivity index (χ0) is 23.9. The number of methoxy groups -OCH3 is 1. The smallest absolute Gasteiger partial charge is 0.332 e. The molecule has 0 radical (unpaired) electrons. The highest BCUT2D eigenvalue weighted by molar-refractivity contribution is 5.96. The van der Waals surface area contributed by atoms with E-state index < -0.39 is 5.60 Å². The van der Waals surface area contributed by atoms with Gasteiger partial charge in [0.2, 0.25) is 0 Å². The van der Waals surface area contributed by atoms with E-state index >= 15 is 0 Å². The Labute approximate surface area is 196 Å². The fraction of sp³-hybridized carbons (Fsp3) is 0.481. The number of carbonyl (C=O) groups is 2. The molecule has 1 aliphatic carbocycles. The fourth-order valence-corrected chi connectivity index (χ4v) is 4.40. The zero-order valence-electron chi connectivity index (χ0n) is 20.1. The van der Waals surface area contributed by atoms with Gasteiger partial charge in [-0.15, -0.1) is 0 Å². The number of rotatable bonds is 8. The van der Waals surface area contributed by atoms with Gasteiger partial charge in [-0.1, -0.05) is 42.5 Å². The molecule has 1 saturated carbocycles. The molecular formula is C27H35NO5. The predicted octanol–water partition coefficient (Wildman–Crippen LogP) is 4.66. The number of hydrogen-bond acceptors (Lipinski definition) is 5. The van der Waals surface area contributed by atoms with Gasteiger partial charge >= 0.3 is 5.97 Å². The molecule has 2 aromatic rings. The lowest BCUT2D eigenvalue weighted by Gasteiger charge is -2.41. The Morgan fingerprint density at radius 1 is 1.00 bits per heavy atom. The number of hydrogen-bond donors (Lipinski definition) is 1. The van der Waals surface area contributed by atoms with Crippen LogP contribution in [0.2, 0.25) is 0 Å². The van der Waals surface area contributed by atoms with Crippen LogP contribution in [0.3, 0.4) is 0 Å². The van der Waals surface area contributed by atoms with Crippen LogP contribution in [0.15, 0.2) is 54.6 Å². The molecule has 1 N–H and O–H groups in total. The van der Waals surface area contributed by atoms with Crippen molar-refractivity contribution in [3.8, 4) is 5.75 Å². The molecule has 6 nitrogen and oxygen atoms in total. The quantitative estimate of drug-likeness (QED) is 0.589. The minimum Gasteiger partial charge on any atom is -0.496 e. The summed E-state index contributed by atoms with van der Waals surface area (Å²) >= 11 is 0. The van der Waals surface area contributed by atoms with Gasteiger partial charge in [0.25, 0.3) is 5.91 Å². The standard InChI is InChI=1S/C27H35NO5/c1-26(2,3)33-24(29)18-32-21-14-16-27(17-15-21,20-10-6-5-7-11-20)19-28-25(30)22-12-8-9-13-23(22)31-4/h5-13,21H,14-19H2,1-4H3,(H,28,30). The molecule has 0 atom stereocenters. The summed E-state index contributed by atoms with van der Waals surface area (Å²) in [6.45, 7) is 6.02. The first-order valence-electron chi connectivity index (χ1n) is 11.5. The lowest BCUT2D eigenvalue weighted by Crippen LogP contribution is -2.44. The van der Waals surface area contributed by atoms with Crippen LogP contribution < -0.4 is 10.1 Å². The van der Waals surface area contributed by atoms with E-state index in [-0.39, 0.29) is 30.0 Å². The monoisotopic (exact) mass is 453 g/mol. The van der Waals surface area contributed by atoms with Crippen molar-refractivity contribution in [3.05, 3.63) is 65.7 Å². The van der Waals surface area contributed by atoms with Crippen LogP contribution in [-0.4, -0.2) is 43.8 Å². The number of esters is 1. The molecule has 1 aliphatic rings. The third-order valence-corrected chi connectivity index (χ3v) is 6.07. The average Bonchev–Trinajstić information content (AvgIpc) is 2.81. The molecule has 0 saturated heterocycles. The molecule has 0 spiro atoms. The van der Waals surface area contributed by atoms with E-state index in [9.17, 15) is 9.59 Å². The Kier molecular flexibility index (Phi) is 8.14. The summed E-state index contributed by atoms with van der Waals surface area (Å²) in [5.74, 6) is 0.0699. The molecule has 178 valence electrons. The second-order valence-corrected chi connectivity index (χ2v) is 9.63. The van der Waals surface area contributed by atoms with E-state index in [4.69, 9.17) is 14.2 Å². The van der Waals surface area contributed by atoms with E-state index in [1.165, 1.54) is 5.56 Å². The summed E-state index contributed by atoms with van der Waals surface area (Å²) in [6.07, 6.45) is 3.31. The van der Waals surface area contributed by atoms with Crippen molar-refractivity contribution in [2.24, 2.45) is 0 Å². The van der Waals surface area contributed by atoms with Crippen LogP contribution in [0.1, 0.15) is 62.4 Å². The number of para-hydroxylation sites is 1. The van der Waals surface area contributed by atoms with Gasteiger partial charge in [0, 0.05) is 12.0 Å². The second kappa shape index (κ2) is 10.8. The van der Waals surface area contributed by atoms with Crippen molar-refractivity contribution in [1.82, 2.24) is 5.32 Å². The summed E-state index contributed by atoms with van der Waals surface area (Å²) in [5.41, 5.74) is 1.02. The highest BCUT2D eigenvalue weighted by atomic mass is 16.6. The van der Waals surface area contributed by atoms with Crippen LogP contribution in [0, 0.1) is 0 Å². The molecule has 6 heteroatoms. The second-order valence-electron chi connectivity index (χ2n) is 9.63. The van der Waals surface area contributed by atoms with Gasteiger partial charge in [-0.25, -0.2) is 4.79 Å². The molecule has 0 aromatic heterocycles. The minimum absolute atomic E-state index is 0.000672. The molecule has 3 rings (SSSR count). The van der Waals surface area contributed by atoms with Crippen LogP contribution in [0.4, 0.5) is 0 Å². The number of amides is 1. The zero-order valence-corrected chi connectivity index (χ0v) is 20.1. The molecule has 33 heavy (non-hydrogen) atoms. The van der Waals surface area contributed by atoms with Gasteiger partial charge in [0.1, 0.15) is 18.0 Å². The molecule has 0 bridgehead atoms. The van der Waals surface area contributed by atoms with Crippen LogP contribution >= 0.6 is 0 Å². The summed E-state index contributed by atoms with van der Waals surface area (Å²) < 4.78 is 16.6. The van der Waals surface area contributed by atoms with Gasteiger partial charge in [0.05, 0.1) is 18.8 Å². The lowest BCUT2D eigenvalue weighted by atomic mass is 9.68. The molecular weight excluding hydrogens is 418 g/mol. The van der Waals surface area contributed by atoms with Crippen molar-refractivity contribution in [2.45, 2.75) is 63.6 Å². The Balaban J connectivity index is 1.64. The largest absolute Gasteiger partial charge is 0.496 e. The first-order valence-corrected chi connectivity index (χ1v) is 11.5. The summed E-state index contributed by atoms with van der Waals surface area (Å²) in [7, 11) is 1.57. The lowest BCUT2D eigenvalue weighted by molar-refractivity contribution is -0.163. The third-order valence-electron chi connectivity index (χ3n) is 6.07. The average molecular weight is 454 g/mol. The first-order chi connectivity index (χ1) is 15.7. The van der Waals surface area contributed by atoms with Crippen molar-refractivity contribution < 1.29 is 23.8 Å². The van der Waals surface area contributed by atoms with E-state index in [0.717, 1.165) is 25.7 Å². The van der Waals surface area contributed by atoms with Crippen LogP contribution in [0.25, 0.3) is 0 Å². The molecule has 0 unspecified atom stereocenters. The first kappa shape index (κ1) is 24.8. The Bertz CT molecular complexity index is 927. The summed E-state index contributed by atoms with van der Waals surface area (Å²) in [5, 5.41) is 3.14. The Morgan fingerprint density at radius 2 is 1.64 bits per heavy atom. The molecule has 1 amide bonds. The topological polar surface area (TPSA) is 73.9 Å². The molecule has 1 fully saturated rings. The Hall–Kier alpha value is -2.86. The maximum atomic E-state index is 12.9. The van der Waals surface area contributed by atoms with E-state index in [2.05, 4.69) is 17.4 Å². The summed E-state index contributed by atoms with van der Waals surface area (Å²) in [6, 6.07) is 17.5. The number of nitrogens with one attached hydrogen (secondary N) is 1.